The van der Waals surface area contributed by atoms with Gasteiger partial charge in [-0.15, -0.1) is 0 Å². The van der Waals surface area contributed by atoms with Gasteiger partial charge in [0.15, 0.2) is 0 Å². The van der Waals surface area contributed by atoms with Crippen LogP contribution in [0.25, 0.3) is 10.9 Å². The highest BCUT2D eigenvalue weighted by Gasteiger charge is 2.24. The summed E-state index contributed by atoms with van der Waals surface area (Å²) >= 11 is 0. The van der Waals surface area contributed by atoms with Crippen LogP contribution in [0.3, 0.4) is 0 Å². The summed E-state index contributed by atoms with van der Waals surface area (Å²) in [6.07, 6.45) is 12.4. The summed E-state index contributed by atoms with van der Waals surface area (Å²) in [7, 11) is 0. The second kappa shape index (κ2) is 9.58. The van der Waals surface area contributed by atoms with E-state index >= 15 is 0 Å². The van der Waals surface area contributed by atoms with Gasteiger partial charge in [0.05, 0.1) is 0 Å². The third-order valence-corrected chi connectivity index (χ3v) is 6.46. The van der Waals surface area contributed by atoms with E-state index in [-0.39, 0.29) is 0 Å². The maximum atomic E-state index is 4.46. The van der Waals surface area contributed by atoms with E-state index < -0.39 is 0 Å². The van der Waals surface area contributed by atoms with Crippen molar-refractivity contribution >= 4 is 10.9 Å². The summed E-state index contributed by atoms with van der Waals surface area (Å²) < 4.78 is 2.55. The summed E-state index contributed by atoms with van der Waals surface area (Å²) in [6, 6.07) is 13.9. The van der Waals surface area contributed by atoms with Crippen LogP contribution in [0.15, 0.2) is 42.6 Å². The Bertz CT molecular complexity index is 923. The van der Waals surface area contributed by atoms with Gasteiger partial charge < -0.3 is 9.88 Å². The number of para-hydroxylation sites is 1. The van der Waals surface area contributed by atoms with Gasteiger partial charge in [0, 0.05) is 47.6 Å². The Morgan fingerprint density at radius 2 is 1.93 bits per heavy atom. The molecule has 0 radical (unpaired) electrons. The van der Waals surface area contributed by atoms with Crippen molar-refractivity contribution in [3.8, 4) is 0 Å². The molecule has 0 amide bonds. The number of pyridine rings is 1. The third kappa shape index (κ3) is 4.72. The molecule has 4 rings (SSSR count). The van der Waals surface area contributed by atoms with Crippen LogP contribution >= 0.6 is 0 Å². The molecule has 0 aliphatic carbocycles. The Morgan fingerprint density at radius 3 is 2.76 bits per heavy atom. The van der Waals surface area contributed by atoms with E-state index in [4.69, 9.17) is 0 Å². The zero-order valence-corrected chi connectivity index (χ0v) is 18.1. The molecule has 2 aromatic heterocycles. The number of aromatic nitrogens is 2. The first-order valence-electron chi connectivity index (χ1n) is 11.5. The van der Waals surface area contributed by atoms with Crippen molar-refractivity contribution in [2.45, 2.75) is 84.3 Å². The molecule has 0 bridgehead atoms. The third-order valence-electron chi connectivity index (χ3n) is 6.46. The van der Waals surface area contributed by atoms with Crippen molar-refractivity contribution in [2.24, 2.45) is 0 Å². The first kappa shape index (κ1) is 20.2. The van der Waals surface area contributed by atoms with Crippen molar-refractivity contribution in [2.75, 3.05) is 0 Å². The summed E-state index contributed by atoms with van der Waals surface area (Å²) in [5, 5.41) is 5.30. The van der Waals surface area contributed by atoms with Gasteiger partial charge in [-0.25, -0.2) is 0 Å². The average Bonchev–Trinajstić information content (AvgIpc) is 3.06. The first-order valence-corrected chi connectivity index (χ1v) is 11.5. The van der Waals surface area contributed by atoms with E-state index in [1.165, 1.54) is 67.1 Å². The molecule has 1 N–H and O–H groups in total. The van der Waals surface area contributed by atoms with Crippen molar-refractivity contribution in [3.05, 3.63) is 65.1 Å². The molecule has 0 saturated heterocycles. The van der Waals surface area contributed by atoms with Crippen molar-refractivity contribution in [1.29, 1.82) is 0 Å². The van der Waals surface area contributed by atoms with Crippen LogP contribution in [-0.2, 0) is 25.9 Å². The zero-order valence-electron chi connectivity index (χ0n) is 18.1. The molecule has 3 heterocycles. The zero-order chi connectivity index (χ0) is 20.1. The number of hydrogen-bond acceptors (Lipinski definition) is 2. The van der Waals surface area contributed by atoms with Crippen molar-refractivity contribution in [3.63, 3.8) is 0 Å². The largest absolute Gasteiger partial charge is 0.343 e. The molecule has 1 atom stereocenters. The lowest BCUT2D eigenvalue weighted by atomic mass is 9.94. The summed E-state index contributed by atoms with van der Waals surface area (Å²) in [6.45, 7) is 6.35. The van der Waals surface area contributed by atoms with Crippen LogP contribution in [0.5, 0.6) is 0 Å². The first-order chi connectivity index (χ1) is 14.3. The number of unbranched alkanes of at least 4 members (excludes halogenated alkanes) is 4. The average molecular weight is 390 g/mol. The van der Waals surface area contributed by atoms with Gasteiger partial charge in [-0.3, -0.25) is 4.98 Å². The minimum atomic E-state index is 0.629. The molecule has 1 aromatic carbocycles. The minimum absolute atomic E-state index is 0.629. The molecular formula is C26H35N3. The molecule has 0 fully saturated rings. The van der Waals surface area contributed by atoms with Gasteiger partial charge >= 0.3 is 0 Å². The Balaban J connectivity index is 1.48. The number of fused-ring (bicyclic) bond motifs is 3. The molecule has 1 aliphatic heterocycles. The van der Waals surface area contributed by atoms with E-state index in [9.17, 15) is 0 Å². The van der Waals surface area contributed by atoms with Crippen LogP contribution in [-0.4, -0.2) is 15.6 Å². The maximum absolute atomic E-state index is 4.46. The van der Waals surface area contributed by atoms with Crippen molar-refractivity contribution < 1.29 is 0 Å². The Kier molecular flexibility index (Phi) is 6.66. The van der Waals surface area contributed by atoms with Gasteiger partial charge in [-0.05, 0) is 49.4 Å². The topological polar surface area (TPSA) is 29.9 Å². The highest BCUT2D eigenvalue weighted by Crippen LogP contribution is 2.31. The van der Waals surface area contributed by atoms with Crippen LogP contribution in [0, 0.1) is 6.92 Å². The monoisotopic (exact) mass is 389 g/mol. The van der Waals surface area contributed by atoms with E-state index in [2.05, 4.69) is 58.2 Å². The SMILES string of the molecule is CCCCCCCC1Cc2c(n(CCc3ccc(C)nc3)c3ccccc23)CN1. The van der Waals surface area contributed by atoms with Gasteiger partial charge in [-0.1, -0.05) is 63.3 Å². The molecule has 29 heavy (non-hydrogen) atoms. The lowest BCUT2D eigenvalue weighted by molar-refractivity contribution is 0.421. The Labute approximate surface area is 175 Å². The number of benzene rings is 1. The number of nitrogens with one attached hydrogen (secondary N) is 1. The fraction of sp³-hybridized carbons (Fsp3) is 0.500. The molecule has 3 nitrogen and oxygen atoms in total. The molecule has 1 unspecified atom stereocenters. The molecule has 3 heteroatoms. The molecule has 154 valence electrons. The lowest BCUT2D eigenvalue weighted by Crippen LogP contribution is -2.36. The highest BCUT2D eigenvalue weighted by molar-refractivity contribution is 5.86. The maximum Gasteiger partial charge on any atom is 0.0485 e. The number of hydrogen-bond donors (Lipinski definition) is 1. The van der Waals surface area contributed by atoms with Gasteiger partial charge in [-0.2, -0.15) is 0 Å². The van der Waals surface area contributed by atoms with Crippen LogP contribution in [0.2, 0.25) is 0 Å². The van der Waals surface area contributed by atoms with Gasteiger partial charge in [0.25, 0.3) is 0 Å². The van der Waals surface area contributed by atoms with Gasteiger partial charge in [0.1, 0.15) is 0 Å². The summed E-state index contributed by atoms with van der Waals surface area (Å²) in [4.78, 5) is 4.46. The summed E-state index contributed by atoms with van der Waals surface area (Å²) in [5.74, 6) is 0. The quantitative estimate of drug-likeness (QED) is 0.457. The number of aryl methyl sites for hydroxylation is 3. The highest BCUT2D eigenvalue weighted by atomic mass is 15.0. The molecule has 1 aliphatic rings. The van der Waals surface area contributed by atoms with E-state index in [1.807, 2.05) is 13.1 Å². The van der Waals surface area contributed by atoms with Crippen LogP contribution in [0.1, 0.15) is 68.0 Å². The van der Waals surface area contributed by atoms with E-state index in [0.717, 1.165) is 25.2 Å². The van der Waals surface area contributed by atoms with Crippen LogP contribution in [0.4, 0.5) is 0 Å². The molecular weight excluding hydrogens is 354 g/mol. The minimum Gasteiger partial charge on any atom is -0.343 e. The number of nitrogens with zero attached hydrogens (tertiary/aromatic N) is 2. The normalized spacial score (nSPS) is 16.3. The second-order valence-electron chi connectivity index (χ2n) is 8.64. The lowest BCUT2D eigenvalue weighted by Gasteiger charge is -2.26. The second-order valence-corrected chi connectivity index (χ2v) is 8.64. The predicted molar refractivity (Wildman–Crippen MR) is 122 cm³/mol. The summed E-state index contributed by atoms with van der Waals surface area (Å²) in [5.41, 5.74) is 6.87. The predicted octanol–water partition coefficient (Wildman–Crippen LogP) is 5.96. The Hall–Kier alpha value is -2.13. The molecule has 3 aromatic rings. The molecule has 0 saturated carbocycles. The smallest absolute Gasteiger partial charge is 0.0485 e. The van der Waals surface area contributed by atoms with Gasteiger partial charge in [0.2, 0.25) is 0 Å². The molecule has 0 spiro atoms. The van der Waals surface area contributed by atoms with Crippen LogP contribution < -0.4 is 5.32 Å². The standard InChI is InChI=1S/C26H35N3/c1-3-4-5-6-7-10-22-17-24-23-11-8-9-12-25(23)29(26(24)19-28-22)16-15-21-14-13-20(2)27-18-21/h8-9,11-14,18,22,28H,3-7,10,15-17,19H2,1-2H3. The fourth-order valence-corrected chi connectivity index (χ4v) is 4.76. The van der Waals surface area contributed by atoms with E-state index in [1.54, 1.807) is 5.56 Å². The number of rotatable bonds is 9. The van der Waals surface area contributed by atoms with Crippen molar-refractivity contribution in [1.82, 2.24) is 14.9 Å². The fourth-order valence-electron chi connectivity index (χ4n) is 4.76. The Morgan fingerprint density at radius 1 is 1.07 bits per heavy atom. The van der Waals surface area contributed by atoms with E-state index in [0.29, 0.717) is 6.04 Å².